The van der Waals surface area contributed by atoms with Crippen LogP contribution in [-0.2, 0) is 4.79 Å². The Kier molecular flexibility index (Phi) is 4.91. The van der Waals surface area contributed by atoms with E-state index in [0.29, 0.717) is 21.9 Å². The Hall–Kier alpha value is -3.44. The van der Waals surface area contributed by atoms with E-state index in [0.717, 1.165) is 0 Å². The van der Waals surface area contributed by atoms with Crippen molar-refractivity contribution in [3.05, 3.63) is 94.0 Å². The Labute approximate surface area is 172 Å². The summed E-state index contributed by atoms with van der Waals surface area (Å²) in [6, 6.07) is 18.2. The number of anilines is 1. The van der Waals surface area contributed by atoms with Crippen LogP contribution in [0.1, 0.15) is 38.8 Å². The molecule has 0 heterocycles. The van der Waals surface area contributed by atoms with Gasteiger partial charge in [0.25, 0.3) is 5.91 Å². The van der Waals surface area contributed by atoms with Crippen molar-refractivity contribution in [3.63, 3.8) is 0 Å². The number of rotatable bonds is 4. The van der Waals surface area contributed by atoms with Crippen molar-refractivity contribution in [1.29, 1.82) is 0 Å². The highest BCUT2D eigenvalue weighted by Gasteiger charge is 2.32. The lowest BCUT2D eigenvalue weighted by Crippen LogP contribution is -2.31. The molecule has 144 valence electrons. The Bertz CT molecular complexity index is 1160. The summed E-state index contributed by atoms with van der Waals surface area (Å²) in [5.41, 5.74) is 1.44. The molecule has 0 unspecified atom stereocenters. The van der Waals surface area contributed by atoms with Gasteiger partial charge in [0.1, 0.15) is 5.75 Å². The van der Waals surface area contributed by atoms with E-state index in [2.05, 4.69) is 5.32 Å². The summed E-state index contributed by atoms with van der Waals surface area (Å²) in [4.78, 5) is 38.5. The molecule has 1 amide bonds. The molecule has 0 aromatic heterocycles. The maximum Gasteiger partial charge on any atom is 0.265 e. The van der Waals surface area contributed by atoms with Crippen LogP contribution in [0.5, 0.6) is 5.75 Å². The zero-order valence-electron chi connectivity index (χ0n) is 15.4. The topological polar surface area (TPSA) is 72.5 Å². The van der Waals surface area contributed by atoms with E-state index in [1.54, 1.807) is 73.7 Å². The lowest BCUT2D eigenvalue weighted by molar-refractivity contribution is -0.122. The van der Waals surface area contributed by atoms with Gasteiger partial charge in [0, 0.05) is 21.7 Å². The second-order valence-corrected chi connectivity index (χ2v) is 7.08. The van der Waals surface area contributed by atoms with E-state index >= 15 is 0 Å². The number of hydrogen-bond acceptors (Lipinski definition) is 4. The van der Waals surface area contributed by atoms with Crippen molar-refractivity contribution in [3.8, 4) is 5.75 Å². The number of nitrogens with one attached hydrogen (secondary N) is 1. The van der Waals surface area contributed by atoms with Crippen molar-refractivity contribution >= 4 is 34.8 Å². The van der Waals surface area contributed by atoms with E-state index in [-0.39, 0.29) is 28.4 Å². The quantitative estimate of drug-likeness (QED) is 0.541. The maximum atomic E-state index is 13.0. The van der Waals surface area contributed by atoms with Gasteiger partial charge in [0.15, 0.2) is 17.7 Å². The second kappa shape index (κ2) is 7.53. The minimum atomic E-state index is -0.842. The lowest BCUT2D eigenvalue weighted by atomic mass is 9.83. The smallest absolute Gasteiger partial charge is 0.265 e. The highest BCUT2D eigenvalue weighted by atomic mass is 35.5. The van der Waals surface area contributed by atoms with Crippen LogP contribution in [-0.4, -0.2) is 23.6 Å². The first-order chi connectivity index (χ1) is 14.0. The molecule has 4 rings (SSSR count). The van der Waals surface area contributed by atoms with Crippen LogP contribution < -0.4 is 10.1 Å². The first kappa shape index (κ1) is 18.9. The average molecular weight is 406 g/mol. The summed E-state index contributed by atoms with van der Waals surface area (Å²) in [6.07, 6.45) is -0.842. The number of benzene rings is 3. The van der Waals surface area contributed by atoms with Gasteiger partial charge >= 0.3 is 0 Å². The van der Waals surface area contributed by atoms with E-state index < -0.39 is 12.0 Å². The largest absolute Gasteiger partial charge is 0.481 e. The number of fused-ring (bicyclic) bond motifs is 2. The third kappa shape index (κ3) is 3.52. The molecule has 0 radical (unpaired) electrons. The summed E-state index contributed by atoms with van der Waals surface area (Å²) in [6.45, 7) is 1.59. The van der Waals surface area contributed by atoms with E-state index in [4.69, 9.17) is 16.3 Å². The van der Waals surface area contributed by atoms with Gasteiger partial charge in [-0.05, 0) is 31.2 Å². The molecule has 29 heavy (non-hydrogen) atoms. The Morgan fingerprint density at radius 3 is 2.28 bits per heavy atom. The monoisotopic (exact) mass is 405 g/mol. The predicted molar refractivity (Wildman–Crippen MR) is 110 cm³/mol. The molecule has 3 aromatic rings. The van der Waals surface area contributed by atoms with Gasteiger partial charge in [-0.2, -0.15) is 0 Å². The minimum absolute atomic E-state index is 0.194. The molecule has 0 saturated carbocycles. The van der Waals surface area contributed by atoms with Crippen LogP contribution >= 0.6 is 11.6 Å². The molecule has 1 N–H and O–H groups in total. The van der Waals surface area contributed by atoms with Crippen molar-refractivity contribution in [1.82, 2.24) is 0 Å². The fraction of sp³-hybridized carbons (Fsp3) is 0.0870. The number of ether oxygens (including phenoxy) is 1. The van der Waals surface area contributed by atoms with Crippen LogP contribution in [0.25, 0.3) is 0 Å². The molecule has 0 saturated heterocycles. The predicted octanol–water partition coefficient (Wildman–Crippen LogP) is 4.52. The number of carbonyl (C=O) groups excluding carboxylic acids is 3. The number of ketones is 2. The summed E-state index contributed by atoms with van der Waals surface area (Å²) < 4.78 is 5.63. The summed E-state index contributed by atoms with van der Waals surface area (Å²) in [7, 11) is 0. The molecule has 0 bridgehead atoms. The number of halogens is 1. The number of hydrogen-bond donors (Lipinski definition) is 1. The third-order valence-electron chi connectivity index (χ3n) is 4.69. The van der Waals surface area contributed by atoms with Crippen LogP contribution in [0.3, 0.4) is 0 Å². The van der Waals surface area contributed by atoms with Crippen LogP contribution in [0, 0.1) is 0 Å². The standard InChI is InChI=1S/C23H16ClNO4/c1-13(29-15-7-4-6-14(24)12-15)23(28)25-19-11-5-10-18-20(19)22(27)17-9-3-2-8-16(17)21(18)26/h2-13H,1H3,(H,25,28)/t13-/m0/s1. The zero-order valence-corrected chi connectivity index (χ0v) is 16.2. The highest BCUT2D eigenvalue weighted by molar-refractivity contribution is 6.31. The van der Waals surface area contributed by atoms with Crippen molar-refractivity contribution in [2.45, 2.75) is 13.0 Å². The van der Waals surface area contributed by atoms with Gasteiger partial charge in [0.2, 0.25) is 0 Å². The van der Waals surface area contributed by atoms with Gasteiger partial charge in [-0.3, -0.25) is 14.4 Å². The summed E-state index contributed by atoms with van der Waals surface area (Å²) in [5.74, 6) is -0.531. The van der Waals surface area contributed by atoms with Gasteiger partial charge in [-0.25, -0.2) is 0 Å². The second-order valence-electron chi connectivity index (χ2n) is 6.64. The Morgan fingerprint density at radius 2 is 1.55 bits per heavy atom. The Morgan fingerprint density at radius 1 is 0.897 bits per heavy atom. The van der Waals surface area contributed by atoms with E-state index in [1.165, 1.54) is 0 Å². The molecule has 1 aliphatic rings. The zero-order chi connectivity index (χ0) is 20.5. The summed E-state index contributed by atoms with van der Waals surface area (Å²) in [5, 5.41) is 3.21. The average Bonchev–Trinajstić information content (AvgIpc) is 2.72. The molecule has 3 aromatic carbocycles. The molecule has 6 heteroatoms. The molecule has 0 fully saturated rings. The molecule has 0 spiro atoms. The van der Waals surface area contributed by atoms with Crippen LogP contribution in [0.2, 0.25) is 5.02 Å². The molecule has 1 atom stereocenters. The van der Waals surface area contributed by atoms with E-state index in [9.17, 15) is 14.4 Å². The van der Waals surface area contributed by atoms with Gasteiger partial charge in [0.05, 0.1) is 11.3 Å². The molecular formula is C23H16ClNO4. The highest BCUT2D eigenvalue weighted by Crippen LogP contribution is 2.32. The maximum absolute atomic E-state index is 13.0. The van der Waals surface area contributed by atoms with Gasteiger partial charge in [-0.15, -0.1) is 0 Å². The lowest BCUT2D eigenvalue weighted by Gasteiger charge is -2.21. The Balaban J connectivity index is 1.61. The minimum Gasteiger partial charge on any atom is -0.481 e. The van der Waals surface area contributed by atoms with Gasteiger partial charge < -0.3 is 10.1 Å². The molecule has 5 nitrogen and oxygen atoms in total. The summed E-state index contributed by atoms with van der Waals surface area (Å²) >= 11 is 5.94. The normalized spacial score (nSPS) is 13.3. The van der Waals surface area contributed by atoms with Crippen LogP contribution in [0.4, 0.5) is 5.69 Å². The molecule has 0 aliphatic heterocycles. The van der Waals surface area contributed by atoms with Crippen LogP contribution in [0.15, 0.2) is 66.7 Å². The van der Waals surface area contributed by atoms with E-state index in [1.807, 2.05) is 0 Å². The van der Waals surface area contributed by atoms with Gasteiger partial charge in [-0.1, -0.05) is 54.1 Å². The first-order valence-electron chi connectivity index (χ1n) is 9.00. The number of amides is 1. The first-order valence-corrected chi connectivity index (χ1v) is 9.38. The molecular weight excluding hydrogens is 390 g/mol. The van der Waals surface area contributed by atoms with Crippen molar-refractivity contribution < 1.29 is 19.1 Å². The van der Waals surface area contributed by atoms with Crippen molar-refractivity contribution in [2.24, 2.45) is 0 Å². The SMILES string of the molecule is C[C@H](Oc1cccc(Cl)c1)C(=O)Nc1cccc2c1C(=O)c1ccccc1C2=O. The molecule has 1 aliphatic carbocycles. The fourth-order valence-electron chi connectivity index (χ4n) is 3.28. The third-order valence-corrected chi connectivity index (χ3v) is 4.92. The van der Waals surface area contributed by atoms with Crippen molar-refractivity contribution in [2.75, 3.05) is 5.32 Å². The fourth-order valence-corrected chi connectivity index (χ4v) is 3.46. The number of carbonyl (C=O) groups is 3.